The summed E-state index contributed by atoms with van der Waals surface area (Å²) in [7, 11) is 1.65. The Bertz CT molecular complexity index is 919. The van der Waals surface area contributed by atoms with Crippen molar-refractivity contribution in [3.05, 3.63) is 77.1 Å². The number of nitrogens with one attached hydrogen (secondary N) is 2. The highest BCUT2D eigenvalue weighted by Gasteiger charge is 2.15. The quantitative estimate of drug-likeness (QED) is 0.616. The zero-order chi connectivity index (χ0) is 19.9. The van der Waals surface area contributed by atoms with E-state index >= 15 is 0 Å². The fraction of sp³-hybridized carbons (Fsp3) is 0.304. The summed E-state index contributed by atoms with van der Waals surface area (Å²) in [4.78, 5) is 12.7. The van der Waals surface area contributed by atoms with Gasteiger partial charge in [-0.25, -0.2) is 0 Å². The fourth-order valence-electron chi connectivity index (χ4n) is 3.33. The molecule has 5 nitrogen and oxygen atoms in total. The van der Waals surface area contributed by atoms with Crippen LogP contribution in [0.4, 0.5) is 0 Å². The monoisotopic (exact) mass is 377 g/mol. The summed E-state index contributed by atoms with van der Waals surface area (Å²) in [5.74, 6) is -0.0585. The zero-order valence-electron chi connectivity index (χ0n) is 16.7. The minimum atomic E-state index is -0.0585. The van der Waals surface area contributed by atoms with Crippen LogP contribution >= 0.6 is 0 Å². The molecule has 0 aliphatic heterocycles. The summed E-state index contributed by atoms with van der Waals surface area (Å²) in [6.07, 6.45) is 1.84. The molecule has 3 rings (SSSR count). The predicted molar refractivity (Wildman–Crippen MR) is 111 cm³/mol. The van der Waals surface area contributed by atoms with Gasteiger partial charge in [0.25, 0.3) is 5.91 Å². The van der Waals surface area contributed by atoms with Crippen LogP contribution in [0.5, 0.6) is 0 Å². The number of H-pyrrole nitrogens is 1. The summed E-state index contributed by atoms with van der Waals surface area (Å²) in [6, 6.07) is 18.1. The van der Waals surface area contributed by atoms with Gasteiger partial charge in [-0.05, 0) is 49.9 Å². The van der Waals surface area contributed by atoms with Gasteiger partial charge in [0, 0.05) is 30.0 Å². The van der Waals surface area contributed by atoms with Crippen molar-refractivity contribution in [2.24, 2.45) is 0 Å². The SMILES string of the molecule is COCc1n[nH]c(C)c1-c1cccc(C(=O)NC(C)CCc2ccccc2)c1. The number of ether oxygens (including phenoxy) is 1. The van der Waals surface area contributed by atoms with Crippen molar-refractivity contribution in [3.8, 4) is 11.1 Å². The molecule has 1 unspecified atom stereocenters. The maximum absolute atomic E-state index is 12.7. The van der Waals surface area contributed by atoms with Gasteiger partial charge in [-0.2, -0.15) is 5.10 Å². The van der Waals surface area contributed by atoms with Gasteiger partial charge >= 0.3 is 0 Å². The number of benzene rings is 2. The second kappa shape index (κ2) is 9.33. The second-order valence-corrected chi connectivity index (χ2v) is 7.08. The molecule has 0 radical (unpaired) electrons. The average Bonchev–Trinajstić information content (AvgIpc) is 3.08. The van der Waals surface area contributed by atoms with Crippen LogP contribution in [0.2, 0.25) is 0 Å². The Kier molecular flexibility index (Phi) is 6.61. The van der Waals surface area contributed by atoms with E-state index in [1.165, 1.54) is 5.56 Å². The molecule has 1 atom stereocenters. The van der Waals surface area contributed by atoms with E-state index in [1.807, 2.05) is 56.3 Å². The summed E-state index contributed by atoms with van der Waals surface area (Å²) in [5.41, 5.74) is 5.69. The van der Waals surface area contributed by atoms with Crippen LogP contribution in [0.15, 0.2) is 54.6 Å². The third kappa shape index (κ3) is 4.87. The molecule has 2 aromatic carbocycles. The highest BCUT2D eigenvalue weighted by Crippen LogP contribution is 2.27. The molecule has 0 spiro atoms. The first-order chi connectivity index (χ1) is 13.6. The molecule has 1 aromatic heterocycles. The van der Waals surface area contributed by atoms with Crippen LogP contribution in [0.25, 0.3) is 11.1 Å². The van der Waals surface area contributed by atoms with E-state index < -0.39 is 0 Å². The number of hydrogen-bond donors (Lipinski definition) is 2. The molecule has 0 saturated heterocycles. The molecule has 2 N–H and O–H groups in total. The molecule has 5 heteroatoms. The van der Waals surface area contributed by atoms with Crippen LogP contribution in [0.1, 0.15) is 40.7 Å². The third-order valence-corrected chi connectivity index (χ3v) is 4.80. The minimum absolute atomic E-state index is 0.0585. The number of methoxy groups -OCH3 is 1. The number of aromatic nitrogens is 2. The van der Waals surface area contributed by atoms with Crippen molar-refractivity contribution >= 4 is 5.91 Å². The van der Waals surface area contributed by atoms with Crippen molar-refractivity contribution < 1.29 is 9.53 Å². The number of carbonyl (C=O) groups excluding carboxylic acids is 1. The number of nitrogens with zero attached hydrogens (tertiary/aromatic N) is 1. The highest BCUT2D eigenvalue weighted by molar-refractivity contribution is 5.95. The zero-order valence-corrected chi connectivity index (χ0v) is 16.7. The van der Waals surface area contributed by atoms with E-state index in [0.29, 0.717) is 12.2 Å². The molecular weight excluding hydrogens is 350 g/mol. The normalized spacial score (nSPS) is 12.0. The van der Waals surface area contributed by atoms with Gasteiger partial charge in [0.15, 0.2) is 0 Å². The average molecular weight is 377 g/mol. The molecule has 146 valence electrons. The Labute approximate surface area is 166 Å². The molecule has 0 aliphatic rings. The Hall–Kier alpha value is -2.92. The predicted octanol–water partition coefficient (Wildman–Crippen LogP) is 4.28. The van der Waals surface area contributed by atoms with E-state index in [2.05, 4.69) is 27.6 Å². The second-order valence-electron chi connectivity index (χ2n) is 7.08. The summed E-state index contributed by atoms with van der Waals surface area (Å²) < 4.78 is 5.24. The molecule has 1 heterocycles. The number of aryl methyl sites for hydroxylation is 2. The van der Waals surface area contributed by atoms with Gasteiger partial charge < -0.3 is 10.1 Å². The first-order valence-corrected chi connectivity index (χ1v) is 9.56. The highest BCUT2D eigenvalue weighted by atomic mass is 16.5. The Morgan fingerprint density at radius 1 is 1.18 bits per heavy atom. The Balaban J connectivity index is 1.68. The molecule has 3 aromatic rings. The van der Waals surface area contributed by atoms with E-state index in [9.17, 15) is 4.79 Å². The molecule has 0 fully saturated rings. The van der Waals surface area contributed by atoms with Crippen molar-refractivity contribution in [3.63, 3.8) is 0 Å². The maximum atomic E-state index is 12.7. The molecule has 0 bridgehead atoms. The van der Waals surface area contributed by atoms with Crippen LogP contribution in [-0.2, 0) is 17.8 Å². The number of carbonyl (C=O) groups is 1. The summed E-state index contributed by atoms with van der Waals surface area (Å²) in [5, 5.41) is 10.4. The van der Waals surface area contributed by atoms with E-state index in [1.54, 1.807) is 7.11 Å². The molecule has 0 aliphatic carbocycles. The van der Waals surface area contributed by atoms with E-state index in [-0.39, 0.29) is 11.9 Å². The first kappa shape index (κ1) is 19.8. The van der Waals surface area contributed by atoms with Gasteiger partial charge in [-0.1, -0.05) is 42.5 Å². The fourth-order valence-corrected chi connectivity index (χ4v) is 3.33. The number of aromatic amines is 1. The topological polar surface area (TPSA) is 67.0 Å². The van der Waals surface area contributed by atoms with Crippen molar-refractivity contribution in [2.45, 2.75) is 39.3 Å². The standard InChI is InChI=1S/C23H27N3O2/c1-16(12-13-18-8-5-4-6-9-18)24-23(27)20-11-7-10-19(14-20)22-17(2)25-26-21(22)15-28-3/h4-11,14,16H,12-13,15H2,1-3H3,(H,24,27)(H,25,26). The van der Waals surface area contributed by atoms with Gasteiger partial charge in [-0.15, -0.1) is 0 Å². The van der Waals surface area contributed by atoms with Crippen molar-refractivity contribution in [1.29, 1.82) is 0 Å². The van der Waals surface area contributed by atoms with E-state index in [4.69, 9.17) is 4.74 Å². The first-order valence-electron chi connectivity index (χ1n) is 9.56. The van der Waals surface area contributed by atoms with Crippen molar-refractivity contribution in [2.75, 3.05) is 7.11 Å². The van der Waals surface area contributed by atoms with E-state index in [0.717, 1.165) is 35.4 Å². The number of rotatable bonds is 8. The summed E-state index contributed by atoms with van der Waals surface area (Å²) in [6.45, 7) is 4.44. The molecular formula is C23H27N3O2. The summed E-state index contributed by atoms with van der Waals surface area (Å²) >= 11 is 0. The minimum Gasteiger partial charge on any atom is -0.378 e. The lowest BCUT2D eigenvalue weighted by Crippen LogP contribution is -2.32. The number of hydrogen-bond acceptors (Lipinski definition) is 3. The third-order valence-electron chi connectivity index (χ3n) is 4.80. The largest absolute Gasteiger partial charge is 0.378 e. The van der Waals surface area contributed by atoms with Gasteiger partial charge in [0.05, 0.1) is 12.3 Å². The maximum Gasteiger partial charge on any atom is 0.251 e. The van der Waals surface area contributed by atoms with Gasteiger partial charge in [0.2, 0.25) is 0 Å². The van der Waals surface area contributed by atoms with Gasteiger partial charge in [0.1, 0.15) is 0 Å². The molecule has 1 amide bonds. The molecule has 28 heavy (non-hydrogen) atoms. The lowest BCUT2D eigenvalue weighted by atomic mass is 10.0. The smallest absolute Gasteiger partial charge is 0.251 e. The van der Waals surface area contributed by atoms with Crippen molar-refractivity contribution in [1.82, 2.24) is 15.5 Å². The van der Waals surface area contributed by atoms with Crippen LogP contribution < -0.4 is 5.32 Å². The number of amides is 1. The van der Waals surface area contributed by atoms with Crippen LogP contribution in [-0.4, -0.2) is 29.3 Å². The van der Waals surface area contributed by atoms with Crippen LogP contribution in [0, 0.1) is 6.92 Å². The molecule has 0 saturated carbocycles. The lowest BCUT2D eigenvalue weighted by Gasteiger charge is -2.14. The van der Waals surface area contributed by atoms with Crippen LogP contribution in [0.3, 0.4) is 0 Å². The lowest BCUT2D eigenvalue weighted by molar-refractivity contribution is 0.0938. The Morgan fingerprint density at radius 2 is 1.96 bits per heavy atom. The van der Waals surface area contributed by atoms with Gasteiger partial charge in [-0.3, -0.25) is 9.89 Å². The Morgan fingerprint density at radius 3 is 2.71 bits per heavy atom.